The summed E-state index contributed by atoms with van der Waals surface area (Å²) in [5.41, 5.74) is 0. The highest BCUT2D eigenvalue weighted by Gasteiger charge is 2.06. The number of aromatic nitrogens is 2. The molecule has 0 fully saturated rings. The van der Waals surface area contributed by atoms with Crippen LogP contribution in [0.3, 0.4) is 0 Å². The maximum Gasteiger partial charge on any atom is 0.247 e. The van der Waals surface area contributed by atoms with Gasteiger partial charge in [-0.3, -0.25) is 5.10 Å². The fourth-order valence-corrected chi connectivity index (χ4v) is 2.06. The Morgan fingerprint density at radius 2 is 2.21 bits per heavy atom. The van der Waals surface area contributed by atoms with E-state index in [1.165, 1.54) is 6.07 Å². The predicted octanol–water partition coefficient (Wildman–Crippen LogP) is 0.805. The van der Waals surface area contributed by atoms with Crippen molar-refractivity contribution in [1.82, 2.24) is 10.2 Å². The second-order valence-corrected chi connectivity index (χ2v) is 4.98. The summed E-state index contributed by atoms with van der Waals surface area (Å²) in [6.45, 7) is 0. The third-order valence-electron chi connectivity index (χ3n) is 1.18. The van der Waals surface area contributed by atoms with Gasteiger partial charge in [0, 0.05) is 12.4 Å². The third kappa shape index (κ3) is 3.69. The summed E-state index contributed by atoms with van der Waals surface area (Å²) in [7, 11) is -3.44. The molecule has 0 atom stereocenters. The quantitative estimate of drug-likeness (QED) is 0.761. The Morgan fingerprint density at radius 3 is 2.43 bits per heavy atom. The van der Waals surface area contributed by atoms with Crippen LogP contribution in [0.1, 0.15) is 0 Å². The Morgan fingerprint density at radius 1 is 1.43 bits per heavy atom. The highest BCUT2D eigenvalue weighted by molar-refractivity contribution is 7.91. The fourth-order valence-electron chi connectivity index (χ4n) is 0.641. The van der Waals surface area contributed by atoms with Crippen molar-refractivity contribution in [2.45, 2.75) is 4.21 Å². The molecule has 0 saturated carbocycles. The normalized spacial score (nSPS) is 10.4. The van der Waals surface area contributed by atoms with Crippen LogP contribution in [-0.2, 0) is 10.0 Å². The average molecular weight is 231 g/mol. The van der Waals surface area contributed by atoms with Crippen LogP contribution < -0.4 is 5.14 Å². The average Bonchev–Trinajstić information content (AvgIpc) is 2.80. The van der Waals surface area contributed by atoms with E-state index in [1.54, 1.807) is 23.8 Å². The van der Waals surface area contributed by atoms with Gasteiger partial charge in [-0.25, -0.2) is 13.6 Å². The van der Waals surface area contributed by atoms with Crippen LogP contribution in [0.4, 0.5) is 0 Å². The van der Waals surface area contributed by atoms with E-state index in [2.05, 4.69) is 10.2 Å². The van der Waals surface area contributed by atoms with Crippen molar-refractivity contribution in [1.29, 1.82) is 0 Å². The number of H-pyrrole nitrogens is 1. The number of thiophene rings is 1. The van der Waals surface area contributed by atoms with Crippen LogP contribution in [0.25, 0.3) is 0 Å². The van der Waals surface area contributed by atoms with Crippen LogP contribution in [0, 0.1) is 0 Å². The second kappa shape index (κ2) is 4.89. The zero-order valence-electron chi connectivity index (χ0n) is 7.12. The van der Waals surface area contributed by atoms with Gasteiger partial charge in [-0.1, -0.05) is 6.07 Å². The van der Waals surface area contributed by atoms with Gasteiger partial charge in [0.15, 0.2) is 0 Å². The molecule has 0 bridgehead atoms. The first kappa shape index (κ1) is 10.9. The standard InChI is InChI=1S/C4H5NO2S2.C3H4N2/c5-9(6,7)4-2-1-3-8-4;1-2-4-5-3-1/h1-3H,(H2,5,6,7);1-3H,(H,4,5). The molecule has 7 heteroatoms. The summed E-state index contributed by atoms with van der Waals surface area (Å²) in [4.78, 5) is 0. The monoisotopic (exact) mass is 231 g/mol. The van der Waals surface area contributed by atoms with Crippen molar-refractivity contribution >= 4 is 21.4 Å². The van der Waals surface area contributed by atoms with Gasteiger partial charge < -0.3 is 0 Å². The van der Waals surface area contributed by atoms with E-state index in [9.17, 15) is 8.42 Å². The zero-order chi connectivity index (χ0) is 10.4. The smallest absolute Gasteiger partial charge is 0.247 e. The molecule has 0 amide bonds. The van der Waals surface area contributed by atoms with Crippen molar-refractivity contribution in [3.8, 4) is 0 Å². The maximum atomic E-state index is 10.5. The van der Waals surface area contributed by atoms with E-state index >= 15 is 0 Å². The summed E-state index contributed by atoms with van der Waals surface area (Å²) in [6.07, 6.45) is 3.46. The van der Waals surface area contributed by atoms with E-state index in [4.69, 9.17) is 5.14 Å². The first-order chi connectivity index (χ1) is 6.61. The molecular formula is C7H9N3O2S2. The molecule has 3 N–H and O–H groups in total. The molecule has 0 saturated heterocycles. The van der Waals surface area contributed by atoms with Crippen LogP contribution in [0.15, 0.2) is 40.2 Å². The second-order valence-electron chi connectivity index (χ2n) is 2.24. The number of nitrogens with one attached hydrogen (secondary N) is 1. The molecule has 14 heavy (non-hydrogen) atoms. The molecule has 0 radical (unpaired) electrons. The summed E-state index contributed by atoms with van der Waals surface area (Å²) in [5.74, 6) is 0. The highest BCUT2D eigenvalue weighted by atomic mass is 32.2. The number of primary sulfonamides is 1. The van der Waals surface area contributed by atoms with Gasteiger partial charge in [0.25, 0.3) is 0 Å². The molecule has 0 aliphatic heterocycles. The molecule has 0 unspecified atom stereocenters. The van der Waals surface area contributed by atoms with Gasteiger partial charge in [0.05, 0.1) is 0 Å². The molecule has 0 spiro atoms. The number of hydrogen-bond donors (Lipinski definition) is 2. The van der Waals surface area contributed by atoms with Crippen molar-refractivity contribution in [3.63, 3.8) is 0 Å². The molecule has 76 valence electrons. The van der Waals surface area contributed by atoms with Crippen molar-refractivity contribution in [3.05, 3.63) is 36.0 Å². The van der Waals surface area contributed by atoms with E-state index < -0.39 is 10.0 Å². The topological polar surface area (TPSA) is 88.8 Å². The van der Waals surface area contributed by atoms with Crippen LogP contribution in [-0.4, -0.2) is 18.6 Å². The van der Waals surface area contributed by atoms with E-state index in [0.717, 1.165) is 11.3 Å². The maximum absolute atomic E-state index is 10.5. The number of hydrogen-bond acceptors (Lipinski definition) is 4. The summed E-state index contributed by atoms with van der Waals surface area (Å²) >= 11 is 1.12. The summed E-state index contributed by atoms with van der Waals surface area (Å²) < 4.78 is 21.2. The van der Waals surface area contributed by atoms with E-state index in [0.29, 0.717) is 0 Å². The first-order valence-electron chi connectivity index (χ1n) is 3.61. The van der Waals surface area contributed by atoms with Crippen LogP contribution >= 0.6 is 11.3 Å². The third-order valence-corrected chi connectivity index (χ3v) is 3.53. The van der Waals surface area contributed by atoms with Crippen LogP contribution in [0.5, 0.6) is 0 Å². The van der Waals surface area contributed by atoms with Gasteiger partial charge in [-0.2, -0.15) is 5.10 Å². The lowest BCUT2D eigenvalue weighted by atomic mass is 10.7. The first-order valence-corrected chi connectivity index (χ1v) is 6.03. The molecule has 2 aromatic rings. The lowest BCUT2D eigenvalue weighted by Crippen LogP contribution is -2.09. The molecule has 0 aliphatic carbocycles. The van der Waals surface area contributed by atoms with Crippen molar-refractivity contribution in [2.24, 2.45) is 5.14 Å². The number of aromatic amines is 1. The number of nitrogens with two attached hydrogens (primary N) is 1. The Balaban J connectivity index is 0.000000165. The van der Waals surface area contributed by atoms with Gasteiger partial charge >= 0.3 is 0 Å². The van der Waals surface area contributed by atoms with Gasteiger partial charge in [-0.05, 0) is 17.5 Å². The zero-order valence-corrected chi connectivity index (χ0v) is 8.75. The van der Waals surface area contributed by atoms with Crippen molar-refractivity contribution < 1.29 is 8.42 Å². The molecular weight excluding hydrogens is 222 g/mol. The van der Waals surface area contributed by atoms with E-state index in [-0.39, 0.29) is 4.21 Å². The SMILES string of the molecule is NS(=O)(=O)c1cccs1.c1cn[nH]c1. The minimum Gasteiger partial charge on any atom is -0.286 e. The lowest BCUT2D eigenvalue weighted by Gasteiger charge is -1.86. The molecule has 0 aromatic carbocycles. The Labute approximate surface area is 85.6 Å². The summed E-state index contributed by atoms with van der Waals surface area (Å²) in [5, 5.41) is 12.7. The number of nitrogens with zero attached hydrogens (tertiary/aromatic N) is 1. The predicted molar refractivity (Wildman–Crippen MR) is 54.3 cm³/mol. The minimum atomic E-state index is -3.44. The lowest BCUT2D eigenvalue weighted by molar-refractivity contribution is 0.600. The number of rotatable bonds is 1. The Bertz CT molecular complexity index is 416. The largest absolute Gasteiger partial charge is 0.286 e. The minimum absolute atomic E-state index is 0.211. The highest BCUT2D eigenvalue weighted by Crippen LogP contribution is 2.12. The molecule has 2 rings (SSSR count). The molecule has 5 nitrogen and oxygen atoms in total. The Hall–Kier alpha value is -1.18. The van der Waals surface area contributed by atoms with Gasteiger partial charge in [-0.15, -0.1) is 11.3 Å². The molecule has 0 aliphatic rings. The van der Waals surface area contributed by atoms with Crippen LogP contribution in [0.2, 0.25) is 0 Å². The van der Waals surface area contributed by atoms with Crippen molar-refractivity contribution in [2.75, 3.05) is 0 Å². The number of sulfonamides is 1. The molecule has 2 aromatic heterocycles. The fraction of sp³-hybridized carbons (Fsp3) is 0. The van der Waals surface area contributed by atoms with Gasteiger partial charge in [0.2, 0.25) is 10.0 Å². The van der Waals surface area contributed by atoms with Gasteiger partial charge in [0.1, 0.15) is 4.21 Å². The van der Waals surface area contributed by atoms with E-state index in [1.807, 2.05) is 6.07 Å². The summed E-state index contributed by atoms with van der Waals surface area (Å²) in [6, 6.07) is 4.95. The Kier molecular flexibility index (Phi) is 3.81. The molecule has 2 heterocycles.